The Bertz CT molecular complexity index is 1280. The summed E-state index contributed by atoms with van der Waals surface area (Å²) in [5, 5.41) is 13.1. The molecule has 174 valence electrons. The Hall–Kier alpha value is -4.20. The third-order valence-electron chi connectivity index (χ3n) is 5.71. The average molecular weight is 461 g/mol. The van der Waals surface area contributed by atoms with Crippen molar-refractivity contribution in [3.8, 4) is 17.2 Å². The summed E-state index contributed by atoms with van der Waals surface area (Å²) in [6, 6.07) is 7.94. The first-order valence-electron chi connectivity index (χ1n) is 10.6. The molecule has 3 aromatic rings. The summed E-state index contributed by atoms with van der Waals surface area (Å²) in [4.78, 5) is 20.6. The van der Waals surface area contributed by atoms with Gasteiger partial charge in [0.05, 0.1) is 20.6 Å². The molecule has 1 amide bonds. The maximum absolute atomic E-state index is 14.1. The number of ether oxygens (including phenoxy) is 2. The molecule has 0 radical (unpaired) electrons. The molecular weight excluding hydrogens is 437 g/mol. The number of benzene rings is 2. The summed E-state index contributed by atoms with van der Waals surface area (Å²) in [6.07, 6.45) is 6.70. The van der Waals surface area contributed by atoms with Crippen molar-refractivity contribution in [3.05, 3.63) is 82.7 Å². The number of nitrogens with zero attached hydrogens (tertiary/aromatic N) is 2. The van der Waals surface area contributed by atoms with Gasteiger partial charge in [0.1, 0.15) is 12.1 Å². The molecule has 1 heterocycles. The van der Waals surface area contributed by atoms with E-state index in [4.69, 9.17) is 9.47 Å². The number of aromatic hydroxyl groups is 1. The van der Waals surface area contributed by atoms with Crippen LogP contribution in [0.2, 0.25) is 0 Å². The summed E-state index contributed by atoms with van der Waals surface area (Å²) in [5.41, 5.74) is 5.49. The lowest BCUT2D eigenvalue weighted by Crippen LogP contribution is -2.22. The van der Waals surface area contributed by atoms with Gasteiger partial charge in [0.15, 0.2) is 11.5 Å². The number of hydrogen-bond acceptors (Lipinski definition) is 6. The number of rotatable bonds is 7. The predicted octanol–water partition coefficient (Wildman–Crippen LogP) is 4.37. The molecule has 0 fully saturated rings. The van der Waals surface area contributed by atoms with Gasteiger partial charge in [0.25, 0.3) is 0 Å². The molecule has 0 saturated carbocycles. The molecule has 0 unspecified atom stereocenters. The highest BCUT2D eigenvalue weighted by Gasteiger charge is 2.26. The Morgan fingerprint density at radius 3 is 2.41 bits per heavy atom. The van der Waals surface area contributed by atoms with Crippen molar-refractivity contribution in [3.63, 3.8) is 0 Å². The Balaban J connectivity index is 1.68. The van der Waals surface area contributed by atoms with Gasteiger partial charge in [-0.3, -0.25) is 4.79 Å². The zero-order valence-corrected chi connectivity index (χ0v) is 19.1. The van der Waals surface area contributed by atoms with Gasteiger partial charge in [0.2, 0.25) is 11.7 Å². The SMILES string of the molecule is COc1cc(/C=C2/C(C)=C(CC(=O)NCc3cncnc3)c3cc(F)ccc32)cc(OC)c1O. The van der Waals surface area contributed by atoms with Crippen LogP contribution in [-0.4, -0.2) is 35.2 Å². The van der Waals surface area contributed by atoms with Crippen molar-refractivity contribution in [2.45, 2.75) is 19.9 Å². The predicted molar refractivity (Wildman–Crippen MR) is 127 cm³/mol. The molecule has 0 saturated heterocycles. The highest BCUT2D eigenvalue weighted by molar-refractivity contribution is 6.08. The quantitative estimate of drug-likeness (QED) is 0.543. The third kappa shape index (κ3) is 4.61. The molecule has 0 atom stereocenters. The highest BCUT2D eigenvalue weighted by atomic mass is 19.1. The first kappa shape index (κ1) is 23.0. The van der Waals surface area contributed by atoms with E-state index < -0.39 is 0 Å². The Morgan fingerprint density at radius 2 is 1.76 bits per heavy atom. The number of halogens is 1. The Kier molecular flexibility index (Phi) is 6.58. The molecule has 0 bridgehead atoms. The molecule has 8 heteroatoms. The van der Waals surface area contributed by atoms with Crippen molar-refractivity contribution in [2.24, 2.45) is 0 Å². The monoisotopic (exact) mass is 461 g/mol. The molecule has 1 aliphatic carbocycles. The first-order chi connectivity index (χ1) is 16.4. The van der Waals surface area contributed by atoms with Gasteiger partial charge in [-0.05, 0) is 70.7 Å². The minimum Gasteiger partial charge on any atom is -0.502 e. The van der Waals surface area contributed by atoms with Crippen molar-refractivity contribution in [2.75, 3.05) is 14.2 Å². The highest BCUT2D eigenvalue weighted by Crippen LogP contribution is 2.45. The van der Waals surface area contributed by atoms with Crippen LogP contribution in [0.1, 0.15) is 35.6 Å². The zero-order valence-electron chi connectivity index (χ0n) is 19.1. The van der Waals surface area contributed by atoms with E-state index in [0.717, 1.165) is 33.4 Å². The van der Waals surface area contributed by atoms with E-state index in [-0.39, 0.29) is 35.4 Å². The standard InChI is InChI=1S/C26H24FN3O4/c1-15-20(6-16-7-23(33-2)26(32)24(8-16)34-3)19-5-4-18(27)9-22(19)21(15)10-25(31)30-13-17-11-28-14-29-12-17/h4-9,11-12,14,32H,10,13H2,1-3H3,(H,30,31)/b20-6-. The zero-order chi connectivity index (χ0) is 24.2. The van der Waals surface area contributed by atoms with Gasteiger partial charge >= 0.3 is 0 Å². The van der Waals surface area contributed by atoms with Gasteiger partial charge in [-0.1, -0.05) is 6.07 Å². The van der Waals surface area contributed by atoms with E-state index in [0.29, 0.717) is 12.1 Å². The van der Waals surface area contributed by atoms with E-state index in [1.165, 1.54) is 32.7 Å². The fourth-order valence-corrected chi connectivity index (χ4v) is 3.99. The molecule has 0 spiro atoms. The minimum absolute atomic E-state index is 0.0884. The summed E-state index contributed by atoms with van der Waals surface area (Å²) >= 11 is 0. The fraction of sp³-hybridized carbons (Fsp3) is 0.192. The fourth-order valence-electron chi connectivity index (χ4n) is 3.99. The normalized spacial score (nSPS) is 13.7. The number of aromatic nitrogens is 2. The van der Waals surface area contributed by atoms with Crippen molar-refractivity contribution >= 4 is 23.1 Å². The number of methoxy groups -OCH3 is 2. The van der Waals surface area contributed by atoms with Crippen LogP contribution in [0, 0.1) is 5.82 Å². The van der Waals surface area contributed by atoms with E-state index >= 15 is 0 Å². The number of carbonyl (C=O) groups is 1. The van der Waals surface area contributed by atoms with Crippen LogP contribution in [0.15, 0.2) is 54.6 Å². The van der Waals surface area contributed by atoms with E-state index in [2.05, 4.69) is 15.3 Å². The Labute approximate surface area is 196 Å². The van der Waals surface area contributed by atoms with Crippen LogP contribution in [0.25, 0.3) is 17.2 Å². The van der Waals surface area contributed by atoms with Gasteiger partial charge < -0.3 is 19.9 Å². The molecule has 4 rings (SSSR count). The largest absolute Gasteiger partial charge is 0.502 e. The van der Waals surface area contributed by atoms with Gasteiger partial charge in [-0.15, -0.1) is 0 Å². The van der Waals surface area contributed by atoms with E-state index in [1.807, 2.05) is 13.0 Å². The third-order valence-corrected chi connectivity index (χ3v) is 5.71. The van der Waals surface area contributed by atoms with Crippen molar-refractivity contribution < 1.29 is 23.8 Å². The molecule has 1 aromatic heterocycles. The van der Waals surface area contributed by atoms with Gasteiger partial charge in [-0.25, -0.2) is 14.4 Å². The van der Waals surface area contributed by atoms with E-state index in [1.54, 1.807) is 30.6 Å². The lowest BCUT2D eigenvalue weighted by atomic mass is 10.00. The van der Waals surface area contributed by atoms with Crippen LogP contribution in [0.3, 0.4) is 0 Å². The van der Waals surface area contributed by atoms with Crippen LogP contribution >= 0.6 is 0 Å². The maximum atomic E-state index is 14.1. The lowest BCUT2D eigenvalue weighted by molar-refractivity contribution is -0.120. The van der Waals surface area contributed by atoms with Crippen LogP contribution in [0.5, 0.6) is 17.2 Å². The van der Waals surface area contributed by atoms with Gasteiger partial charge in [0, 0.05) is 24.5 Å². The number of fused-ring (bicyclic) bond motifs is 1. The Morgan fingerprint density at radius 1 is 1.09 bits per heavy atom. The number of amides is 1. The maximum Gasteiger partial charge on any atom is 0.224 e. The average Bonchev–Trinajstić information content (AvgIpc) is 3.09. The first-order valence-corrected chi connectivity index (χ1v) is 10.6. The van der Waals surface area contributed by atoms with Crippen molar-refractivity contribution in [1.29, 1.82) is 0 Å². The number of allylic oxidation sites excluding steroid dienone is 2. The van der Waals surface area contributed by atoms with E-state index in [9.17, 15) is 14.3 Å². The van der Waals surface area contributed by atoms with Crippen molar-refractivity contribution in [1.82, 2.24) is 15.3 Å². The molecular formula is C26H24FN3O4. The molecule has 34 heavy (non-hydrogen) atoms. The molecule has 0 aliphatic heterocycles. The summed E-state index contributed by atoms with van der Waals surface area (Å²) < 4.78 is 24.7. The van der Waals surface area contributed by atoms with Crippen LogP contribution < -0.4 is 14.8 Å². The molecule has 1 aliphatic rings. The minimum atomic E-state index is -0.375. The number of hydrogen-bond donors (Lipinski definition) is 2. The van der Waals surface area contributed by atoms with Crippen LogP contribution in [0.4, 0.5) is 4.39 Å². The topological polar surface area (TPSA) is 93.6 Å². The number of carbonyl (C=O) groups excluding carboxylic acids is 1. The molecule has 2 aromatic carbocycles. The number of phenols is 1. The number of nitrogens with one attached hydrogen (secondary N) is 1. The molecule has 2 N–H and O–H groups in total. The van der Waals surface area contributed by atoms with Gasteiger partial charge in [-0.2, -0.15) is 0 Å². The summed E-state index contributed by atoms with van der Waals surface area (Å²) in [6.45, 7) is 2.21. The number of phenolic OH excluding ortho intramolecular Hbond substituents is 1. The second-order valence-electron chi connectivity index (χ2n) is 7.83. The van der Waals surface area contributed by atoms with Crippen LogP contribution in [-0.2, 0) is 11.3 Å². The summed E-state index contributed by atoms with van der Waals surface area (Å²) in [5.74, 6) is -0.110. The second-order valence-corrected chi connectivity index (χ2v) is 7.83. The summed E-state index contributed by atoms with van der Waals surface area (Å²) in [7, 11) is 2.92. The lowest BCUT2D eigenvalue weighted by Gasteiger charge is -2.11. The smallest absolute Gasteiger partial charge is 0.224 e. The second kappa shape index (κ2) is 9.74. The molecule has 7 nitrogen and oxygen atoms in total.